The number of morpholine rings is 1. The zero-order chi connectivity index (χ0) is 16.5. The van der Waals surface area contributed by atoms with E-state index in [4.69, 9.17) is 16.3 Å². The monoisotopic (exact) mass is 342 g/mol. The quantitative estimate of drug-likeness (QED) is 0.732. The topological polar surface area (TPSA) is 42.7 Å². The fraction of sp³-hybridized carbons (Fsp3) is 0.333. The molecule has 4 rings (SSSR count). The minimum absolute atomic E-state index is 0.0371. The molecule has 1 aliphatic heterocycles. The van der Waals surface area contributed by atoms with Gasteiger partial charge in [-0.2, -0.15) is 0 Å². The minimum Gasteiger partial charge on any atom is -0.371 e. The summed E-state index contributed by atoms with van der Waals surface area (Å²) in [6.07, 6.45) is 5.81. The first-order valence-electron chi connectivity index (χ1n) is 8.09. The molecule has 1 fully saturated rings. The van der Waals surface area contributed by atoms with Crippen molar-refractivity contribution < 1.29 is 4.74 Å². The molecule has 124 valence electrons. The van der Waals surface area contributed by atoms with Crippen LogP contribution in [0.2, 0.25) is 5.02 Å². The second-order valence-corrected chi connectivity index (χ2v) is 6.65. The molecule has 6 heteroatoms. The number of ether oxygens (including phenoxy) is 1. The van der Waals surface area contributed by atoms with Crippen molar-refractivity contribution in [3.05, 3.63) is 65.2 Å². The molecule has 0 bridgehead atoms. The number of rotatable bonds is 3. The fourth-order valence-electron chi connectivity index (χ4n) is 3.10. The highest BCUT2D eigenvalue weighted by Crippen LogP contribution is 2.27. The van der Waals surface area contributed by atoms with Gasteiger partial charge in [-0.3, -0.25) is 9.30 Å². The van der Waals surface area contributed by atoms with E-state index in [1.54, 1.807) is 6.20 Å². The van der Waals surface area contributed by atoms with Crippen LogP contribution in [0.25, 0.3) is 5.78 Å². The van der Waals surface area contributed by atoms with E-state index < -0.39 is 0 Å². The Kier molecular flexibility index (Phi) is 4.22. The van der Waals surface area contributed by atoms with E-state index in [1.807, 2.05) is 41.1 Å². The van der Waals surface area contributed by atoms with E-state index in [-0.39, 0.29) is 6.10 Å². The van der Waals surface area contributed by atoms with E-state index in [9.17, 15) is 0 Å². The largest absolute Gasteiger partial charge is 0.371 e. The standard InChI is InChI=1S/C18H19ClN4O/c1-13-12-24-17(14-4-2-5-15(19)8-14)11-23(13)10-16-9-22-7-3-6-20-18(22)21-16/h2-9,13,17H,10-12H2,1H3. The van der Waals surface area contributed by atoms with E-state index in [2.05, 4.69) is 27.9 Å². The van der Waals surface area contributed by atoms with Crippen molar-refractivity contribution in [1.29, 1.82) is 0 Å². The molecule has 0 spiro atoms. The molecule has 0 radical (unpaired) electrons. The van der Waals surface area contributed by atoms with Crippen molar-refractivity contribution in [1.82, 2.24) is 19.3 Å². The van der Waals surface area contributed by atoms with Crippen LogP contribution in [-0.2, 0) is 11.3 Å². The molecule has 0 amide bonds. The zero-order valence-electron chi connectivity index (χ0n) is 13.5. The molecule has 0 aliphatic carbocycles. The van der Waals surface area contributed by atoms with Gasteiger partial charge in [-0.15, -0.1) is 0 Å². The van der Waals surface area contributed by atoms with Gasteiger partial charge in [-0.05, 0) is 30.7 Å². The maximum absolute atomic E-state index is 6.12. The Bertz CT molecular complexity index is 817. The number of nitrogens with zero attached hydrogens (tertiary/aromatic N) is 4. The van der Waals surface area contributed by atoms with Gasteiger partial charge < -0.3 is 4.74 Å². The van der Waals surface area contributed by atoms with Gasteiger partial charge in [0, 0.05) is 42.7 Å². The van der Waals surface area contributed by atoms with Gasteiger partial charge in [0.2, 0.25) is 5.78 Å². The van der Waals surface area contributed by atoms with Gasteiger partial charge >= 0.3 is 0 Å². The van der Waals surface area contributed by atoms with Gasteiger partial charge in [0.25, 0.3) is 0 Å². The Morgan fingerprint density at radius 1 is 1.33 bits per heavy atom. The Balaban J connectivity index is 1.53. The summed E-state index contributed by atoms with van der Waals surface area (Å²) in [6.45, 7) is 4.48. The molecule has 1 aliphatic rings. The van der Waals surface area contributed by atoms with E-state index in [1.165, 1.54) is 0 Å². The van der Waals surface area contributed by atoms with Crippen molar-refractivity contribution >= 4 is 17.4 Å². The fourth-order valence-corrected chi connectivity index (χ4v) is 3.30. The van der Waals surface area contributed by atoms with Crippen molar-refractivity contribution in [3.8, 4) is 0 Å². The van der Waals surface area contributed by atoms with Crippen LogP contribution in [0.5, 0.6) is 0 Å². The second kappa shape index (κ2) is 6.51. The number of halogens is 1. The summed E-state index contributed by atoms with van der Waals surface area (Å²) in [7, 11) is 0. The first-order chi connectivity index (χ1) is 11.7. The minimum atomic E-state index is 0.0371. The zero-order valence-corrected chi connectivity index (χ0v) is 14.2. The predicted octanol–water partition coefficient (Wildman–Crippen LogP) is 3.34. The first kappa shape index (κ1) is 15.6. The third-order valence-electron chi connectivity index (χ3n) is 4.43. The van der Waals surface area contributed by atoms with Crippen LogP contribution in [0, 0.1) is 0 Å². The van der Waals surface area contributed by atoms with E-state index in [0.29, 0.717) is 12.6 Å². The van der Waals surface area contributed by atoms with Gasteiger partial charge in [-0.1, -0.05) is 23.7 Å². The molecule has 24 heavy (non-hydrogen) atoms. The second-order valence-electron chi connectivity index (χ2n) is 6.21. The van der Waals surface area contributed by atoms with Crippen LogP contribution in [0.15, 0.2) is 48.9 Å². The lowest BCUT2D eigenvalue weighted by Crippen LogP contribution is -2.44. The Labute approximate surface area is 145 Å². The normalized spacial score (nSPS) is 22.1. The molecule has 0 N–H and O–H groups in total. The van der Waals surface area contributed by atoms with E-state index >= 15 is 0 Å². The van der Waals surface area contributed by atoms with E-state index in [0.717, 1.165) is 35.1 Å². The molecule has 1 aromatic carbocycles. The number of hydrogen-bond acceptors (Lipinski definition) is 4. The van der Waals surface area contributed by atoms with Crippen molar-refractivity contribution in [3.63, 3.8) is 0 Å². The van der Waals surface area contributed by atoms with Gasteiger partial charge in [0.15, 0.2) is 0 Å². The molecule has 2 aromatic heterocycles. The number of benzene rings is 1. The number of imidazole rings is 1. The average Bonchev–Trinajstić information content (AvgIpc) is 2.99. The summed E-state index contributed by atoms with van der Waals surface area (Å²) in [6, 6.07) is 10.2. The Morgan fingerprint density at radius 3 is 3.08 bits per heavy atom. The molecular formula is C18H19ClN4O. The van der Waals surface area contributed by atoms with Crippen LogP contribution in [0.3, 0.4) is 0 Å². The third-order valence-corrected chi connectivity index (χ3v) is 4.67. The summed E-state index contributed by atoms with van der Waals surface area (Å²) in [5.74, 6) is 0.736. The maximum atomic E-state index is 6.12. The number of aromatic nitrogens is 3. The van der Waals surface area contributed by atoms with Crippen LogP contribution in [-0.4, -0.2) is 38.5 Å². The predicted molar refractivity (Wildman–Crippen MR) is 93.0 cm³/mol. The summed E-state index contributed by atoms with van der Waals surface area (Å²) in [5.41, 5.74) is 2.14. The summed E-state index contributed by atoms with van der Waals surface area (Å²) >= 11 is 6.12. The molecule has 1 saturated heterocycles. The Morgan fingerprint density at radius 2 is 2.25 bits per heavy atom. The van der Waals surface area contributed by atoms with Gasteiger partial charge in [0.1, 0.15) is 0 Å². The molecule has 2 unspecified atom stereocenters. The average molecular weight is 343 g/mol. The van der Waals surface area contributed by atoms with Crippen LogP contribution in [0.4, 0.5) is 0 Å². The first-order valence-corrected chi connectivity index (χ1v) is 8.46. The lowest BCUT2D eigenvalue weighted by Gasteiger charge is -2.37. The molecule has 2 atom stereocenters. The summed E-state index contributed by atoms with van der Waals surface area (Å²) in [4.78, 5) is 11.3. The molecular weight excluding hydrogens is 324 g/mol. The lowest BCUT2D eigenvalue weighted by molar-refractivity contribution is -0.0636. The molecule has 3 aromatic rings. The van der Waals surface area contributed by atoms with Crippen LogP contribution >= 0.6 is 11.6 Å². The number of hydrogen-bond donors (Lipinski definition) is 0. The Hall–Kier alpha value is -1.95. The van der Waals surface area contributed by atoms with Crippen molar-refractivity contribution in [2.24, 2.45) is 0 Å². The molecule has 3 heterocycles. The smallest absolute Gasteiger partial charge is 0.233 e. The van der Waals surface area contributed by atoms with Crippen molar-refractivity contribution in [2.75, 3.05) is 13.2 Å². The van der Waals surface area contributed by atoms with Gasteiger partial charge in [-0.25, -0.2) is 9.97 Å². The van der Waals surface area contributed by atoms with Crippen molar-refractivity contribution in [2.45, 2.75) is 25.6 Å². The summed E-state index contributed by atoms with van der Waals surface area (Å²) < 4.78 is 7.97. The highest BCUT2D eigenvalue weighted by atomic mass is 35.5. The maximum Gasteiger partial charge on any atom is 0.233 e. The SMILES string of the molecule is CC1COC(c2cccc(Cl)c2)CN1Cc1cn2cccnc2n1. The molecule has 5 nitrogen and oxygen atoms in total. The number of fused-ring (bicyclic) bond motifs is 1. The van der Waals surface area contributed by atoms with Crippen LogP contribution in [0.1, 0.15) is 24.3 Å². The third kappa shape index (κ3) is 3.15. The summed E-state index contributed by atoms with van der Waals surface area (Å²) in [5, 5.41) is 0.743. The lowest BCUT2D eigenvalue weighted by atomic mass is 10.1. The highest BCUT2D eigenvalue weighted by Gasteiger charge is 2.27. The highest BCUT2D eigenvalue weighted by molar-refractivity contribution is 6.30. The van der Waals surface area contributed by atoms with Gasteiger partial charge in [0.05, 0.1) is 18.4 Å². The molecule has 0 saturated carbocycles. The van der Waals surface area contributed by atoms with Crippen LogP contribution < -0.4 is 0 Å².